The zero-order chi connectivity index (χ0) is 7.11. The van der Waals surface area contributed by atoms with E-state index in [4.69, 9.17) is 0 Å². The van der Waals surface area contributed by atoms with Gasteiger partial charge in [-0.25, -0.2) is 0 Å². The third-order valence-electron chi connectivity index (χ3n) is 0.923. The average Bonchev–Trinajstić information content (AvgIpc) is 1.89. The molecular weight excluding hydrogens is 112 g/mol. The molecule has 52 valence electrons. The van der Waals surface area contributed by atoms with Crippen molar-refractivity contribution >= 4 is 6.21 Å². The van der Waals surface area contributed by atoms with Gasteiger partial charge in [-0.2, -0.15) is 5.10 Å². The van der Waals surface area contributed by atoms with E-state index in [9.17, 15) is 0 Å². The van der Waals surface area contributed by atoms with Crippen LogP contribution in [0.2, 0.25) is 0 Å². The lowest BCUT2D eigenvalue weighted by molar-refractivity contribution is 0.836. The summed E-state index contributed by atoms with van der Waals surface area (Å²) in [6.45, 7) is 7.80. The van der Waals surface area contributed by atoms with Crippen LogP contribution in [0.1, 0.15) is 26.7 Å². The van der Waals surface area contributed by atoms with Crippen molar-refractivity contribution in [2.24, 2.45) is 5.10 Å². The predicted molar refractivity (Wildman–Crippen MR) is 41.3 cm³/mol. The highest BCUT2D eigenvalue weighted by Gasteiger charge is 1.80. The Balaban J connectivity index is 3.26. The summed E-state index contributed by atoms with van der Waals surface area (Å²) in [5.74, 6) is 0. The first-order chi connectivity index (χ1) is 4.31. The SMILES string of the molecule is C=C(CC)N/N=C/CC. The average molecular weight is 126 g/mol. The standard InChI is InChI=1S/C7H14N2/c1-4-6-8-9-7(3)5-2/h6,9H,3-5H2,1-2H3/b8-6+. The number of hydrazone groups is 1. The Morgan fingerprint density at radius 2 is 2.33 bits per heavy atom. The Morgan fingerprint density at radius 3 is 2.78 bits per heavy atom. The summed E-state index contributed by atoms with van der Waals surface area (Å²) in [7, 11) is 0. The van der Waals surface area contributed by atoms with Gasteiger partial charge in [0.2, 0.25) is 0 Å². The molecule has 0 radical (unpaired) electrons. The maximum Gasteiger partial charge on any atom is 0.0261 e. The molecule has 9 heavy (non-hydrogen) atoms. The Kier molecular flexibility index (Phi) is 4.88. The molecule has 0 atom stereocenters. The van der Waals surface area contributed by atoms with Gasteiger partial charge in [-0.15, -0.1) is 0 Å². The first kappa shape index (κ1) is 8.21. The van der Waals surface area contributed by atoms with E-state index in [1.165, 1.54) is 0 Å². The molecule has 0 unspecified atom stereocenters. The van der Waals surface area contributed by atoms with Crippen molar-refractivity contribution in [2.45, 2.75) is 26.7 Å². The van der Waals surface area contributed by atoms with Gasteiger partial charge < -0.3 is 0 Å². The first-order valence-electron chi connectivity index (χ1n) is 3.26. The molecule has 0 aromatic carbocycles. The molecular formula is C7H14N2. The number of allylic oxidation sites excluding steroid dienone is 1. The molecule has 2 heteroatoms. The van der Waals surface area contributed by atoms with E-state index >= 15 is 0 Å². The molecule has 0 bridgehead atoms. The maximum atomic E-state index is 3.89. The molecule has 0 saturated carbocycles. The minimum atomic E-state index is 0.932. The van der Waals surface area contributed by atoms with Crippen LogP contribution in [0.25, 0.3) is 0 Å². The maximum absolute atomic E-state index is 3.89. The van der Waals surface area contributed by atoms with Crippen molar-refractivity contribution in [2.75, 3.05) is 0 Å². The van der Waals surface area contributed by atoms with Crippen molar-refractivity contribution in [3.63, 3.8) is 0 Å². The Bertz CT molecular complexity index is 105. The predicted octanol–water partition coefficient (Wildman–Crippen LogP) is 1.90. The van der Waals surface area contributed by atoms with Crippen LogP contribution in [0.4, 0.5) is 0 Å². The zero-order valence-electron chi connectivity index (χ0n) is 6.15. The molecule has 0 aliphatic carbocycles. The second-order valence-electron chi connectivity index (χ2n) is 1.79. The van der Waals surface area contributed by atoms with Crippen molar-refractivity contribution in [3.05, 3.63) is 12.3 Å². The van der Waals surface area contributed by atoms with Gasteiger partial charge in [0.1, 0.15) is 0 Å². The largest absolute Gasteiger partial charge is 0.284 e. The van der Waals surface area contributed by atoms with Crippen LogP contribution in [0.15, 0.2) is 17.4 Å². The van der Waals surface area contributed by atoms with Gasteiger partial charge in [-0.05, 0) is 12.8 Å². The van der Waals surface area contributed by atoms with E-state index < -0.39 is 0 Å². The van der Waals surface area contributed by atoms with Crippen molar-refractivity contribution in [3.8, 4) is 0 Å². The fourth-order valence-electron chi connectivity index (χ4n) is 0.307. The lowest BCUT2D eigenvalue weighted by Gasteiger charge is -1.97. The number of nitrogens with one attached hydrogen (secondary N) is 1. The molecule has 0 saturated heterocycles. The summed E-state index contributed by atoms with van der Waals surface area (Å²) in [5, 5.41) is 3.89. The molecule has 2 nitrogen and oxygen atoms in total. The van der Waals surface area contributed by atoms with E-state index in [0.717, 1.165) is 18.5 Å². The Morgan fingerprint density at radius 1 is 1.67 bits per heavy atom. The van der Waals surface area contributed by atoms with Gasteiger partial charge in [0.15, 0.2) is 0 Å². The summed E-state index contributed by atoms with van der Waals surface area (Å²) in [4.78, 5) is 0. The second-order valence-corrected chi connectivity index (χ2v) is 1.79. The zero-order valence-corrected chi connectivity index (χ0v) is 6.15. The number of hydrogen-bond acceptors (Lipinski definition) is 2. The molecule has 1 N–H and O–H groups in total. The van der Waals surface area contributed by atoms with Gasteiger partial charge in [-0.1, -0.05) is 20.4 Å². The summed E-state index contributed by atoms with van der Waals surface area (Å²) in [6.07, 6.45) is 3.71. The van der Waals surface area contributed by atoms with E-state index in [1.54, 1.807) is 0 Å². The molecule has 0 aromatic heterocycles. The Labute approximate surface area is 56.7 Å². The number of hydrogen-bond donors (Lipinski definition) is 1. The number of nitrogens with zero attached hydrogens (tertiary/aromatic N) is 1. The van der Waals surface area contributed by atoms with E-state index in [-0.39, 0.29) is 0 Å². The second kappa shape index (κ2) is 5.35. The smallest absolute Gasteiger partial charge is 0.0261 e. The van der Waals surface area contributed by atoms with Gasteiger partial charge in [0.05, 0.1) is 0 Å². The van der Waals surface area contributed by atoms with Gasteiger partial charge >= 0.3 is 0 Å². The van der Waals surface area contributed by atoms with E-state index in [2.05, 4.69) is 17.1 Å². The molecule has 0 spiro atoms. The first-order valence-corrected chi connectivity index (χ1v) is 3.26. The summed E-state index contributed by atoms with van der Waals surface area (Å²) < 4.78 is 0. The summed E-state index contributed by atoms with van der Waals surface area (Å²) in [5.41, 5.74) is 3.77. The molecule has 0 aromatic rings. The van der Waals surface area contributed by atoms with Crippen LogP contribution in [-0.4, -0.2) is 6.21 Å². The monoisotopic (exact) mass is 126 g/mol. The number of rotatable bonds is 4. The van der Waals surface area contributed by atoms with E-state index in [0.29, 0.717) is 0 Å². The van der Waals surface area contributed by atoms with Crippen molar-refractivity contribution < 1.29 is 0 Å². The van der Waals surface area contributed by atoms with Crippen LogP contribution in [-0.2, 0) is 0 Å². The van der Waals surface area contributed by atoms with Crippen LogP contribution in [0, 0.1) is 0 Å². The lowest BCUT2D eigenvalue weighted by Crippen LogP contribution is -2.02. The van der Waals surface area contributed by atoms with Crippen LogP contribution in [0.3, 0.4) is 0 Å². The highest BCUT2D eigenvalue weighted by atomic mass is 15.3. The highest BCUT2D eigenvalue weighted by Crippen LogP contribution is 1.87. The van der Waals surface area contributed by atoms with Crippen LogP contribution < -0.4 is 5.43 Å². The van der Waals surface area contributed by atoms with Crippen molar-refractivity contribution in [1.82, 2.24) is 5.43 Å². The Hall–Kier alpha value is -0.790. The summed E-state index contributed by atoms with van der Waals surface area (Å²) in [6, 6.07) is 0. The fourth-order valence-corrected chi connectivity index (χ4v) is 0.307. The van der Waals surface area contributed by atoms with Crippen LogP contribution >= 0.6 is 0 Å². The molecule has 0 rings (SSSR count). The molecule has 0 aliphatic rings. The molecule has 0 heterocycles. The van der Waals surface area contributed by atoms with E-state index in [1.807, 2.05) is 20.1 Å². The quantitative estimate of drug-likeness (QED) is 0.451. The van der Waals surface area contributed by atoms with Gasteiger partial charge in [0.25, 0.3) is 0 Å². The lowest BCUT2D eigenvalue weighted by atomic mass is 10.4. The topological polar surface area (TPSA) is 24.4 Å². The molecule has 0 amide bonds. The third-order valence-corrected chi connectivity index (χ3v) is 0.923. The van der Waals surface area contributed by atoms with Gasteiger partial charge in [0, 0.05) is 11.9 Å². The molecule has 0 aliphatic heterocycles. The fraction of sp³-hybridized carbons (Fsp3) is 0.571. The molecule has 0 fully saturated rings. The van der Waals surface area contributed by atoms with Crippen LogP contribution in [0.5, 0.6) is 0 Å². The minimum Gasteiger partial charge on any atom is -0.284 e. The summed E-state index contributed by atoms with van der Waals surface area (Å²) >= 11 is 0. The van der Waals surface area contributed by atoms with Crippen molar-refractivity contribution in [1.29, 1.82) is 0 Å². The highest BCUT2D eigenvalue weighted by molar-refractivity contribution is 5.56. The minimum absolute atomic E-state index is 0.932. The van der Waals surface area contributed by atoms with Gasteiger partial charge in [-0.3, -0.25) is 5.43 Å². The third kappa shape index (κ3) is 5.07. The normalized spacial score (nSPS) is 10.0.